The van der Waals surface area contributed by atoms with Crippen molar-refractivity contribution in [2.75, 3.05) is 41.3 Å². The van der Waals surface area contributed by atoms with Gasteiger partial charge in [0.1, 0.15) is 0 Å². The van der Waals surface area contributed by atoms with Gasteiger partial charge in [-0.15, -0.1) is 0 Å². The van der Waals surface area contributed by atoms with Gasteiger partial charge in [-0.2, -0.15) is 0 Å². The first-order valence-electron chi connectivity index (χ1n) is 8.23. The number of likely N-dealkylation sites (N-methyl/N-ethyl adjacent to an activating group) is 1. The molecule has 0 unspecified atom stereocenters. The second-order valence-electron chi connectivity index (χ2n) is 5.69. The molecule has 23 heavy (non-hydrogen) atoms. The molecule has 1 heterocycles. The van der Waals surface area contributed by atoms with Crippen LogP contribution in [0.5, 0.6) is 0 Å². The Balaban J connectivity index is 1.79. The Morgan fingerprint density at radius 3 is 2.65 bits per heavy atom. The number of para-hydroxylation sites is 3. The lowest BCUT2D eigenvalue weighted by molar-refractivity contribution is -0.117. The van der Waals surface area contributed by atoms with E-state index in [1.54, 1.807) is 0 Å². The molecule has 2 aromatic rings. The molecule has 1 aliphatic heterocycles. The van der Waals surface area contributed by atoms with Crippen LogP contribution in [0.4, 0.5) is 17.1 Å². The number of nitrogens with zero attached hydrogens (tertiary/aromatic N) is 2. The smallest absolute Gasteiger partial charge is 0.246 e. The monoisotopic (exact) mass is 309 g/mol. The number of nitrogens with one attached hydrogen (secondary N) is 1. The van der Waals surface area contributed by atoms with Gasteiger partial charge in [0.25, 0.3) is 0 Å². The van der Waals surface area contributed by atoms with E-state index in [0.717, 1.165) is 36.6 Å². The van der Waals surface area contributed by atoms with Crippen molar-refractivity contribution in [1.29, 1.82) is 0 Å². The van der Waals surface area contributed by atoms with Crippen LogP contribution in [0.1, 0.15) is 13.3 Å². The summed E-state index contributed by atoms with van der Waals surface area (Å²) < 4.78 is 0. The minimum Gasteiger partial charge on any atom is -0.383 e. The van der Waals surface area contributed by atoms with E-state index >= 15 is 0 Å². The van der Waals surface area contributed by atoms with E-state index in [-0.39, 0.29) is 5.91 Å². The zero-order chi connectivity index (χ0) is 16.1. The first-order chi connectivity index (χ1) is 11.3. The Morgan fingerprint density at radius 1 is 1.13 bits per heavy atom. The van der Waals surface area contributed by atoms with Crippen molar-refractivity contribution in [1.82, 2.24) is 0 Å². The third kappa shape index (κ3) is 3.47. The van der Waals surface area contributed by atoms with Crippen molar-refractivity contribution >= 4 is 23.0 Å². The van der Waals surface area contributed by atoms with Crippen molar-refractivity contribution < 1.29 is 4.79 Å². The highest BCUT2D eigenvalue weighted by Crippen LogP contribution is 2.28. The highest BCUT2D eigenvalue weighted by Gasteiger charge is 2.20. The second-order valence-corrected chi connectivity index (χ2v) is 5.69. The number of hydrogen-bond acceptors (Lipinski definition) is 3. The van der Waals surface area contributed by atoms with Crippen molar-refractivity contribution in [2.24, 2.45) is 0 Å². The zero-order valence-corrected chi connectivity index (χ0v) is 13.5. The summed E-state index contributed by atoms with van der Waals surface area (Å²) in [5.41, 5.74) is 3.18. The zero-order valence-electron chi connectivity index (χ0n) is 13.5. The Hall–Kier alpha value is -2.49. The van der Waals surface area contributed by atoms with Crippen LogP contribution >= 0.6 is 0 Å². The summed E-state index contributed by atoms with van der Waals surface area (Å²) in [6, 6.07) is 18.1. The number of hydrogen-bond donors (Lipinski definition) is 1. The Morgan fingerprint density at radius 2 is 1.87 bits per heavy atom. The summed E-state index contributed by atoms with van der Waals surface area (Å²) >= 11 is 0. The molecule has 1 aliphatic rings. The second kappa shape index (κ2) is 7.18. The summed E-state index contributed by atoms with van der Waals surface area (Å²) in [6.07, 6.45) is 1.03. The summed E-state index contributed by atoms with van der Waals surface area (Å²) in [5.74, 6) is 0.135. The molecule has 0 radical (unpaired) electrons. The highest BCUT2D eigenvalue weighted by atomic mass is 16.2. The molecule has 0 spiro atoms. The van der Waals surface area contributed by atoms with E-state index in [0.29, 0.717) is 13.1 Å². The molecule has 4 nitrogen and oxygen atoms in total. The van der Waals surface area contributed by atoms with Crippen LogP contribution < -0.4 is 15.1 Å². The fourth-order valence-electron chi connectivity index (χ4n) is 3.04. The van der Waals surface area contributed by atoms with Gasteiger partial charge in [0.2, 0.25) is 5.91 Å². The summed E-state index contributed by atoms with van der Waals surface area (Å²) in [7, 11) is 0. The quantitative estimate of drug-likeness (QED) is 0.940. The van der Waals surface area contributed by atoms with E-state index in [2.05, 4.69) is 22.3 Å². The van der Waals surface area contributed by atoms with Crippen molar-refractivity contribution in [3.63, 3.8) is 0 Å². The Kier molecular flexibility index (Phi) is 4.81. The number of benzene rings is 2. The number of carbonyl (C=O) groups is 1. The molecular formula is C19H23N3O. The minimum absolute atomic E-state index is 0.135. The fraction of sp³-hybridized carbons (Fsp3) is 0.316. The van der Waals surface area contributed by atoms with Gasteiger partial charge in [-0.25, -0.2) is 0 Å². The van der Waals surface area contributed by atoms with Crippen LogP contribution in [-0.2, 0) is 4.79 Å². The summed E-state index contributed by atoms with van der Waals surface area (Å²) in [5, 5.41) is 3.44. The number of amides is 1. The lowest BCUT2D eigenvalue weighted by Crippen LogP contribution is -2.40. The highest BCUT2D eigenvalue weighted by molar-refractivity contribution is 5.97. The molecule has 1 amide bonds. The first-order valence-corrected chi connectivity index (χ1v) is 8.23. The van der Waals surface area contributed by atoms with E-state index < -0.39 is 0 Å². The van der Waals surface area contributed by atoms with Gasteiger partial charge in [0.15, 0.2) is 0 Å². The fourth-order valence-corrected chi connectivity index (χ4v) is 3.04. The largest absolute Gasteiger partial charge is 0.383 e. The molecule has 0 saturated carbocycles. The van der Waals surface area contributed by atoms with Gasteiger partial charge < -0.3 is 15.1 Å². The predicted molar refractivity (Wildman–Crippen MR) is 96.2 cm³/mol. The van der Waals surface area contributed by atoms with Crippen molar-refractivity contribution in [2.45, 2.75) is 13.3 Å². The summed E-state index contributed by atoms with van der Waals surface area (Å²) in [6.45, 7) is 4.93. The first kappa shape index (κ1) is 15.4. The van der Waals surface area contributed by atoms with E-state index in [1.807, 2.05) is 54.3 Å². The third-order valence-electron chi connectivity index (χ3n) is 4.18. The molecule has 0 bridgehead atoms. The number of rotatable bonds is 4. The van der Waals surface area contributed by atoms with Crippen molar-refractivity contribution in [3.8, 4) is 0 Å². The maximum absolute atomic E-state index is 12.8. The average molecular weight is 309 g/mol. The van der Waals surface area contributed by atoms with Gasteiger partial charge in [0.05, 0.1) is 17.9 Å². The van der Waals surface area contributed by atoms with Crippen molar-refractivity contribution in [3.05, 3.63) is 54.6 Å². The molecule has 3 rings (SSSR count). The van der Waals surface area contributed by atoms with Gasteiger partial charge in [-0.05, 0) is 37.6 Å². The molecule has 120 valence electrons. The molecule has 1 N–H and O–H groups in total. The molecule has 0 aromatic heterocycles. The third-order valence-corrected chi connectivity index (χ3v) is 4.18. The molecule has 0 aliphatic carbocycles. The number of anilines is 3. The van der Waals surface area contributed by atoms with Gasteiger partial charge in [-0.1, -0.05) is 30.3 Å². The maximum atomic E-state index is 12.8. The standard InChI is InChI=1S/C19H23N3O/c1-2-22(16-9-4-3-5-10-16)19(23)15-21-14-8-13-20-17-11-6-7-12-18(17)21/h3-7,9-12,20H,2,8,13-15H2,1H3. The lowest BCUT2D eigenvalue weighted by Gasteiger charge is -2.28. The lowest BCUT2D eigenvalue weighted by atomic mass is 10.2. The van der Waals surface area contributed by atoms with Crippen LogP contribution in [0.2, 0.25) is 0 Å². The average Bonchev–Trinajstić information content (AvgIpc) is 2.79. The van der Waals surface area contributed by atoms with Crippen LogP contribution in [-0.4, -0.2) is 32.1 Å². The number of fused-ring (bicyclic) bond motifs is 1. The maximum Gasteiger partial charge on any atom is 0.246 e. The minimum atomic E-state index is 0.135. The van der Waals surface area contributed by atoms with Crippen LogP contribution in [0, 0.1) is 0 Å². The SMILES string of the molecule is CCN(C(=O)CN1CCCNc2ccccc21)c1ccccc1. The van der Waals surface area contributed by atoms with Crippen LogP contribution in [0.3, 0.4) is 0 Å². The molecule has 0 fully saturated rings. The van der Waals surface area contributed by atoms with E-state index in [1.165, 1.54) is 0 Å². The van der Waals surface area contributed by atoms with Crippen LogP contribution in [0.25, 0.3) is 0 Å². The Bertz CT molecular complexity index is 657. The normalized spacial score (nSPS) is 13.7. The molecule has 4 heteroatoms. The predicted octanol–water partition coefficient (Wildman–Crippen LogP) is 3.36. The van der Waals surface area contributed by atoms with Crippen LogP contribution in [0.15, 0.2) is 54.6 Å². The molecule has 0 atom stereocenters. The molecule has 2 aromatic carbocycles. The van der Waals surface area contributed by atoms with Gasteiger partial charge in [0, 0.05) is 25.3 Å². The van der Waals surface area contributed by atoms with Gasteiger partial charge >= 0.3 is 0 Å². The topological polar surface area (TPSA) is 35.6 Å². The van der Waals surface area contributed by atoms with E-state index in [9.17, 15) is 4.79 Å². The number of carbonyl (C=O) groups excluding carboxylic acids is 1. The molecular weight excluding hydrogens is 286 g/mol. The van der Waals surface area contributed by atoms with Gasteiger partial charge in [-0.3, -0.25) is 4.79 Å². The Labute approximate surface area is 137 Å². The molecule has 0 saturated heterocycles. The van der Waals surface area contributed by atoms with E-state index in [4.69, 9.17) is 0 Å². The summed E-state index contributed by atoms with van der Waals surface area (Å²) in [4.78, 5) is 16.9.